The number of hydrogen-bond donors (Lipinski definition) is 1. The average Bonchev–Trinajstić information content (AvgIpc) is 2.48. The summed E-state index contributed by atoms with van der Waals surface area (Å²) < 4.78 is 19.4. The third-order valence-corrected chi connectivity index (χ3v) is 3.63. The molecule has 0 bridgehead atoms. The molecular weight excluding hydrogens is 312 g/mol. The normalized spacial score (nSPS) is 12.2. The van der Waals surface area contributed by atoms with Crippen LogP contribution in [0.25, 0.3) is 0 Å². The molecule has 1 unspecified atom stereocenters. The van der Waals surface area contributed by atoms with Crippen molar-refractivity contribution < 1.29 is 9.13 Å². The van der Waals surface area contributed by atoms with Crippen LogP contribution < -0.4 is 10.1 Å². The summed E-state index contributed by atoms with van der Waals surface area (Å²) in [6.45, 7) is 0.421. The summed E-state index contributed by atoms with van der Waals surface area (Å²) in [5.41, 5.74) is 0.571. The molecule has 2 aromatic rings. The Labute approximate surface area is 133 Å². The van der Waals surface area contributed by atoms with Crippen molar-refractivity contribution in [3.8, 4) is 5.75 Å². The van der Waals surface area contributed by atoms with E-state index >= 15 is 0 Å². The standard InChI is InChI=1S/C16H16Cl2FNO/c1-20-14(9-11-8-13(18)4-7-16(11)19)10-21-15-5-2-12(17)3-6-15/h2-8,14,20H,9-10H2,1H3. The first-order chi connectivity index (χ1) is 10.1. The number of halogens is 3. The van der Waals surface area contributed by atoms with Crippen molar-refractivity contribution >= 4 is 23.2 Å². The van der Waals surface area contributed by atoms with Gasteiger partial charge in [-0.1, -0.05) is 23.2 Å². The molecule has 0 heterocycles. The third-order valence-electron chi connectivity index (χ3n) is 3.15. The Bertz CT molecular complexity index is 589. The minimum Gasteiger partial charge on any atom is -0.492 e. The summed E-state index contributed by atoms with van der Waals surface area (Å²) in [4.78, 5) is 0. The van der Waals surface area contributed by atoms with E-state index in [2.05, 4.69) is 5.32 Å². The molecular formula is C16H16Cl2FNO. The SMILES string of the molecule is CNC(COc1ccc(Cl)cc1)Cc1cc(Cl)ccc1F. The van der Waals surface area contributed by atoms with Crippen LogP contribution in [0, 0.1) is 5.82 Å². The van der Waals surface area contributed by atoms with Crippen LogP contribution in [-0.2, 0) is 6.42 Å². The van der Waals surface area contributed by atoms with Crippen LogP contribution >= 0.6 is 23.2 Å². The first-order valence-corrected chi connectivity index (χ1v) is 7.33. The van der Waals surface area contributed by atoms with Gasteiger partial charge in [0.05, 0.1) is 0 Å². The highest BCUT2D eigenvalue weighted by Gasteiger charge is 2.12. The molecule has 0 fully saturated rings. The number of nitrogens with one attached hydrogen (secondary N) is 1. The summed E-state index contributed by atoms with van der Waals surface area (Å²) >= 11 is 11.7. The molecule has 0 aromatic heterocycles. The fourth-order valence-corrected chi connectivity index (χ4v) is 2.26. The summed E-state index contributed by atoms with van der Waals surface area (Å²) in [7, 11) is 1.82. The van der Waals surface area contributed by atoms with Gasteiger partial charge in [0.2, 0.25) is 0 Å². The van der Waals surface area contributed by atoms with E-state index in [1.165, 1.54) is 6.07 Å². The van der Waals surface area contributed by atoms with E-state index in [0.717, 1.165) is 5.75 Å². The van der Waals surface area contributed by atoms with Gasteiger partial charge in [-0.25, -0.2) is 4.39 Å². The fraction of sp³-hybridized carbons (Fsp3) is 0.250. The third kappa shape index (κ3) is 4.88. The van der Waals surface area contributed by atoms with E-state index in [1.54, 1.807) is 36.4 Å². The highest BCUT2D eigenvalue weighted by atomic mass is 35.5. The van der Waals surface area contributed by atoms with Crippen LogP contribution in [0.2, 0.25) is 10.0 Å². The van der Waals surface area contributed by atoms with Crippen LogP contribution in [0.1, 0.15) is 5.56 Å². The molecule has 0 saturated heterocycles. The van der Waals surface area contributed by atoms with Gasteiger partial charge in [-0.15, -0.1) is 0 Å². The van der Waals surface area contributed by atoms with Gasteiger partial charge in [0.1, 0.15) is 18.2 Å². The Morgan fingerprint density at radius 1 is 1.10 bits per heavy atom. The lowest BCUT2D eigenvalue weighted by Gasteiger charge is -2.17. The Morgan fingerprint density at radius 2 is 1.76 bits per heavy atom. The van der Waals surface area contributed by atoms with Gasteiger partial charge in [0.15, 0.2) is 0 Å². The minimum atomic E-state index is -0.258. The van der Waals surface area contributed by atoms with E-state index in [9.17, 15) is 4.39 Å². The molecule has 0 radical (unpaired) electrons. The number of likely N-dealkylation sites (N-methyl/N-ethyl adjacent to an activating group) is 1. The predicted octanol–water partition coefficient (Wildman–Crippen LogP) is 4.34. The molecule has 1 N–H and O–H groups in total. The Hall–Kier alpha value is -1.29. The molecule has 0 amide bonds. The molecule has 0 aliphatic carbocycles. The number of benzene rings is 2. The average molecular weight is 328 g/mol. The largest absolute Gasteiger partial charge is 0.492 e. The van der Waals surface area contributed by atoms with E-state index in [0.29, 0.717) is 28.6 Å². The monoisotopic (exact) mass is 327 g/mol. The zero-order valence-electron chi connectivity index (χ0n) is 11.6. The number of hydrogen-bond acceptors (Lipinski definition) is 2. The molecule has 5 heteroatoms. The lowest BCUT2D eigenvalue weighted by Crippen LogP contribution is -2.34. The van der Waals surface area contributed by atoms with Crippen molar-refractivity contribution in [1.82, 2.24) is 5.32 Å². The van der Waals surface area contributed by atoms with E-state index in [-0.39, 0.29) is 11.9 Å². The molecule has 0 aliphatic rings. The molecule has 2 aromatic carbocycles. The molecule has 2 nitrogen and oxygen atoms in total. The second kappa shape index (κ2) is 7.64. The topological polar surface area (TPSA) is 21.3 Å². The minimum absolute atomic E-state index is 0.0198. The summed E-state index contributed by atoms with van der Waals surface area (Å²) in [5.74, 6) is 0.470. The number of rotatable bonds is 6. The molecule has 1 atom stereocenters. The van der Waals surface area contributed by atoms with Gasteiger partial charge in [0, 0.05) is 16.1 Å². The van der Waals surface area contributed by atoms with E-state index < -0.39 is 0 Å². The van der Waals surface area contributed by atoms with Gasteiger partial charge in [-0.3, -0.25) is 0 Å². The van der Waals surface area contributed by atoms with Crippen molar-refractivity contribution in [2.75, 3.05) is 13.7 Å². The van der Waals surface area contributed by atoms with Crippen molar-refractivity contribution in [3.63, 3.8) is 0 Å². The number of ether oxygens (including phenoxy) is 1. The molecule has 21 heavy (non-hydrogen) atoms. The second-order valence-electron chi connectivity index (χ2n) is 4.69. The zero-order valence-corrected chi connectivity index (χ0v) is 13.1. The maximum Gasteiger partial charge on any atom is 0.126 e. The summed E-state index contributed by atoms with van der Waals surface area (Å²) in [6, 6.07) is 11.7. The van der Waals surface area contributed by atoms with Gasteiger partial charge in [-0.2, -0.15) is 0 Å². The Kier molecular flexibility index (Phi) is 5.85. The highest BCUT2D eigenvalue weighted by Crippen LogP contribution is 2.18. The fourth-order valence-electron chi connectivity index (χ4n) is 1.94. The quantitative estimate of drug-likeness (QED) is 0.852. The van der Waals surface area contributed by atoms with Crippen molar-refractivity contribution in [2.24, 2.45) is 0 Å². The van der Waals surface area contributed by atoms with Crippen LogP contribution in [0.3, 0.4) is 0 Å². The zero-order chi connectivity index (χ0) is 15.2. The van der Waals surface area contributed by atoms with Crippen LogP contribution in [0.5, 0.6) is 5.75 Å². The summed E-state index contributed by atoms with van der Waals surface area (Å²) in [5, 5.41) is 4.31. The lowest BCUT2D eigenvalue weighted by atomic mass is 10.1. The van der Waals surface area contributed by atoms with Gasteiger partial charge >= 0.3 is 0 Å². The molecule has 2 rings (SSSR count). The molecule has 0 spiro atoms. The van der Waals surface area contributed by atoms with Crippen LogP contribution in [0.15, 0.2) is 42.5 Å². The van der Waals surface area contributed by atoms with Crippen LogP contribution in [0.4, 0.5) is 4.39 Å². The first kappa shape index (κ1) is 16.1. The second-order valence-corrected chi connectivity index (χ2v) is 5.56. The summed E-state index contributed by atoms with van der Waals surface area (Å²) in [6.07, 6.45) is 0.497. The van der Waals surface area contributed by atoms with E-state index in [1.807, 2.05) is 7.05 Å². The molecule has 112 valence electrons. The molecule has 0 aliphatic heterocycles. The van der Waals surface area contributed by atoms with Crippen molar-refractivity contribution in [2.45, 2.75) is 12.5 Å². The van der Waals surface area contributed by atoms with Gasteiger partial charge in [-0.05, 0) is 61.5 Å². The van der Waals surface area contributed by atoms with Gasteiger partial charge in [0.25, 0.3) is 0 Å². The van der Waals surface area contributed by atoms with Crippen molar-refractivity contribution in [1.29, 1.82) is 0 Å². The smallest absolute Gasteiger partial charge is 0.126 e. The maximum atomic E-state index is 13.7. The van der Waals surface area contributed by atoms with E-state index in [4.69, 9.17) is 27.9 Å². The Balaban J connectivity index is 1.96. The Morgan fingerprint density at radius 3 is 2.43 bits per heavy atom. The highest BCUT2D eigenvalue weighted by molar-refractivity contribution is 6.30. The van der Waals surface area contributed by atoms with Gasteiger partial charge < -0.3 is 10.1 Å². The lowest BCUT2D eigenvalue weighted by molar-refractivity contribution is 0.269. The maximum absolute atomic E-state index is 13.7. The van der Waals surface area contributed by atoms with Crippen LogP contribution in [-0.4, -0.2) is 19.7 Å². The first-order valence-electron chi connectivity index (χ1n) is 6.58. The van der Waals surface area contributed by atoms with Crippen molar-refractivity contribution in [3.05, 3.63) is 63.9 Å². The predicted molar refractivity (Wildman–Crippen MR) is 84.9 cm³/mol. The molecule has 0 saturated carbocycles.